The maximum Gasteiger partial charge on any atom is 0.269 e. The van der Waals surface area contributed by atoms with Crippen molar-refractivity contribution in [2.75, 3.05) is 24.6 Å². The van der Waals surface area contributed by atoms with Gasteiger partial charge in [-0.2, -0.15) is 0 Å². The van der Waals surface area contributed by atoms with Crippen LogP contribution in [0.3, 0.4) is 0 Å². The molecule has 1 saturated heterocycles. The fourth-order valence-electron chi connectivity index (χ4n) is 3.54. The molecule has 3 heterocycles. The number of piperidine rings is 1. The van der Waals surface area contributed by atoms with Crippen molar-refractivity contribution in [1.82, 2.24) is 15.0 Å². The first-order valence-electron chi connectivity index (χ1n) is 9.98. The van der Waals surface area contributed by atoms with Gasteiger partial charge in [-0.05, 0) is 43.9 Å². The SMILES string of the molecule is Cc1cc(N2CCC(COc3ccccn3)CC2)nc(-c2ccc([N+](=O)[O-])cc2)n1. The molecule has 8 nitrogen and oxygen atoms in total. The standard InChI is InChI=1S/C22H23N5O3/c1-16-14-20(25-22(24-16)18-5-7-19(8-6-18)27(28)29)26-12-9-17(10-13-26)15-30-21-4-2-3-11-23-21/h2-8,11,14,17H,9-10,12-13,15H2,1H3. The van der Waals surface area contributed by atoms with Crippen LogP contribution in [-0.4, -0.2) is 39.6 Å². The summed E-state index contributed by atoms with van der Waals surface area (Å²) in [5.74, 6) is 2.62. The van der Waals surface area contributed by atoms with Crippen LogP contribution in [0.15, 0.2) is 54.7 Å². The van der Waals surface area contributed by atoms with Gasteiger partial charge in [0.2, 0.25) is 5.88 Å². The van der Waals surface area contributed by atoms with Gasteiger partial charge >= 0.3 is 0 Å². The quantitative estimate of drug-likeness (QED) is 0.451. The van der Waals surface area contributed by atoms with Gasteiger partial charge in [0.15, 0.2) is 5.82 Å². The van der Waals surface area contributed by atoms with Crippen molar-refractivity contribution < 1.29 is 9.66 Å². The van der Waals surface area contributed by atoms with Gasteiger partial charge in [0.1, 0.15) is 5.82 Å². The van der Waals surface area contributed by atoms with Crippen molar-refractivity contribution in [1.29, 1.82) is 0 Å². The Morgan fingerprint density at radius 1 is 1.13 bits per heavy atom. The topological polar surface area (TPSA) is 94.3 Å². The van der Waals surface area contributed by atoms with E-state index in [1.807, 2.05) is 31.2 Å². The molecular formula is C22H23N5O3. The van der Waals surface area contributed by atoms with Crippen LogP contribution in [0.1, 0.15) is 18.5 Å². The highest BCUT2D eigenvalue weighted by Crippen LogP contribution is 2.26. The lowest BCUT2D eigenvalue weighted by Crippen LogP contribution is -2.36. The summed E-state index contributed by atoms with van der Waals surface area (Å²) in [4.78, 5) is 26.2. The summed E-state index contributed by atoms with van der Waals surface area (Å²) in [6, 6.07) is 14.0. The number of nitro benzene ring substituents is 1. The number of aryl methyl sites for hydroxylation is 1. The maximum atomic E-state index is 10.9. The lowest BCUT2D eigenvalue weighted by Gasteiger charge is -2.32. The highest BCUT2D eigenvalue weighted by atomic mass is 16.6. The Morgan fingerprint density at radius 3 is 2.57 bits per heavy atom. The minimum Gasteiger partial charge on any atom is -0.477 e. The predicted octanol–water partition coefficient (Wildman–Crippen LogP) is 4.05. The van der Waals surface area contributed by atoms with Gasteiger partial charge in [-0.3, -0.25) is 10.1 Å². The molecule has 2 aromatic heterocycles. The molecule has 0 N–H and O–H groups in total. The minimum absolute atomic E-state index is 0.0571. The molecule has 1 aromatic carbocycles. The van der Waals surface area contributed by atoms with Gasteiger partial charge in [0.05, 0.1) is 11.5 Å². The number of rotatable bonds is 6. The summed E-state index contributed by atoms with van der Waals surface area (Å²) in [6.45, 7) is 4.40. The van der Waals surface area contributed by atoms with Crippen molar-refractivity contribution in [3.63, 3.8) is 0 Å². The lowest BCUT2D eigenvalue weighted by atomic mass is 9.98. The molecule has 4 rings (SSSR count). The summed E-state index contributed by atoms with van der Waals surface area (Å²) in [7, 11) is 0. The number of pyridine rings is 1. The van der Waals surface area contributed by atoms with E-state index in [2.05, 4.69) is 14.9 Å². The summed E-state index contributed by atoms with van der Waals surface area (Å²) >= 11 is 0. The van der Waals surface area contributed by atoms with Crippen LogP contribution in [0.5, 0.6) is 5.88 Å². The molecule has 0 atom stereocenters. The monoisotopic (exact) mass is 405 g/mol. The molecule has 1 aliphatic rings. The van der Waals surface area contributed by atoms with E-state index in [-0.39, 0.29) is 5.69 Å². The van der Waals surface area contributed by atoms with Gasteiger partial charge in [0.25, 0.3) is 5.69 Å². The molecule has 3 aromatic rings. The van der Waals surface area contributed by atoms with Crippen LogP contribution in [0.4, 0.5) is 11.5 Å². The third kappa shape index (κ3) is 4.71. The Balaban J connectivity index is 1.40. The Kier molecular flexibility index (Phi) is 5.83. The van der Waals surface area contributed by atoms with Crippen LogP contribution in [0.25, 0.3) is 11.4 Å². The summed E-state index contributed by atoms with van der Waals surface area (Å²) < 4.78 is 5.81. The van der Waals surface area contributed by atoms with E-state index in [9.17, 15) is 10.1 Å². The number of nitro groups is 1. The summed E-state index contributed by atoms with van der Waals surface area (Å²) in [5.41, 5.74) is 1.69. The number of non-ortho nitro benzene ring substituents is 1. The maximum absolute atomic E-state index is 10.9. The van der Waals surface area contributed by atoms with Crippen LogP contribution < -0.4 is 9.64 Å². The molecule has 0 aliphatic carbocycles. The lowest BCUT2D eigenvalue weighted by molar-refractivity contribution is -0.384. The molecular weight excluding hydrogens is 382 g/mol. The third-order valence-electron chi connectivity index (χ3n) is 5.22. The van der Waals surface area contributed by atoms with Crippen LogP contribution in [0, 0.1) is 23.0 Å². The molecule has 154 valence electrons. The Hall–Kier alpha value is -3.55. The van der Waals surface area contributed by atoms with Gasteiger partial charge in [-0.15, -0.1) is 0 Å². The van der Waals surface area contributed by atoms with E-state index >= 15 is 0 Å². The van der Waals surface area contributed by atoms with Gasteiger partial charge in [-0.1, -0.05) is 6.07 Å². The second kappa shape index (κ2) is 8.86. The summed E-state index contributed by atoms with van der Waals surface area (Å²) in [5, 5.41) is 10.9. The van der Waals surface area contributed by atoms with Crippen LogP contribution >= 0.6 is 0 Å². The van der Waals surface area contributed by atoms with E-state index in [1.165, 1.54) is 12.1 Å². The van der Waals surface area contributed by atoms with Gasteiger partial charge in [0, 0.05) is 54.8 Å². The summed E-state index contributed by atoms with van der Waals surface area (Å²) in [6.07, 6.45) is 3.77. The Morgan fingerprint density at radius 2 is 1.90 bits per heavy atom. The molecule has 0 amide bonds. The molecule has 1 aliphatic heterocycles. The number of hydrogen-bond donors (Lipinski definition) is 0. The van der Waals surface area contributed by atoms with E-state index < -0.39 is 4.92 Å². The van der Waals surface area contributed by atoms with Crippen molar-refractivity contribution in [3.05, 3.63) is 70.5 Å². The van der Waals surface area contributed by atoms with Crippen molar-refractivity contribution in [2.24, 2.45) is 5.92 Å². The zero-order valence-electron chi connectivity index (χ0n) is 16.8. The number of anilines is 1. The molecule has 0 saturated carbocycles. The zero-order chi connectivity index (χ0) is 20.9. The van der Waals surface area contributed by atoms with Gasteiger partial charge < -0.3 is 9.64 Å². The second-order valence-electron chi connectivity index (χ2n) is 7.40. The van der Waals surface area contributed by atoms with Crippen LogP contribution in [0.2, 0.25) is 0 Å². The fraction of sp³-hybridized carbons (Fsp3) is 0.318. The largest absolute Gasteiger partial charge is 0.477 e. The van der Waals surface area contributed by atoms with Crippen molar-refractivity contribution >= 4 is 11.5 Å². The first-order valence-corrected chi connectivity index (χ1v) is 9.98. The van der Waals surface area contributed by atoms with Crippen molar-refractivity contribution in [3.8, 4) is 17.3 Å². The average molecular weight is 405 g/mol. The highest BCUT2D eigenvalue weighted by Gasteiger charge is 2.22. The molecule has 0 unspecified atom stereocenters. The van der Waals surface area contributed by atoms with Crippen molar-refractivity contribution in [2.45, 2.75) is 19.8 Å². The number of aromatic nitrogens is 3. The van der Waals surface area contributed by atoms with E-state index in [0.717, 1.165) is 43.0 Å². The molecule has 8 heteroatoms. The normalized spacial score (nSPS) is 14.5. The van der Waals surface area contributed by atoms with Crippen LogP contribution in [-0.2, 0) is 0 Å². The van der Waals surface area contributed by atoms with E-state index in [0.29, 0.717) is 24.2 Å². The van der Waals surface area contributed by atoms with E-state index in [4.69, 9.17) is 9.72 Å². The zero-order valence-corrected chi connectivity index (χ0v) is 16.8. The average Bonchev–Trinajstić information content (AvgIpc) is 2.78. The van der Waals surface area contributed by atoms with E-state index in [1.54, 1.807) is 18.3 Å². The Labute approximate surface area is 174 Å². The second-order valence-corrected chi connectivity index (χ2v) is 7.40. The molecule has 0 radical (unpaired) electrons. The highest BCUT2D eigenvalue weighted by molar-refractivity contribution is 5.60. The molecule has 1 fully saturated rings. The number of nitrogens with zero attached hydrogens (tertiary/aromatic N) is 5. The molecule has 0 bridgehead atoms. The molecule has 30 heavy (non-hydrogen) atoms. The third-order valence-corrected chi connectivity index (χ3v) is 5.22. The number of hydrogen-bond acceptors (Lipinski definition) is 7. The predicted molar refractivity (Wildman–Crippen MR) is 114 cm³/mol. The smallest absolute Gasteiger partial charge is 0.269 e. The number of benzene rings is 1. The molecule has 0 spiro atoms. The Bertz CT molecular complexity index is 1000. The first kappa shape index (κ1) is 19.8. The number of ether oxygens (including phenoxy) is 1. The first-order chi connectivity index (χ1) is 14.6. The van der Waals surface area contributed by atoms with Gasteiger partial charge in [-0.25, -0.2) is 15.0 Å². The minimum atomic E-state index is -0.409. The fourth-order valence-corrected chi connectivity index (χ4v) is 3.54.